The van der Waals surface area contributed by atoms with E-state index in [9.17, 15) is 9.18 Å². The maximum Gasteiger partial charge on any atom is 0.252 e. The van der Waals surface area contributed by atoms with Gasteiger partial charge in [-0.2, -0.15) is 0 Å². The Hall–Kier alpha value is -2.14. The molecule has 92 valence electrons. The van der Waals surface area contributed by atoms with Crippen LogP contribution in [0.4, 0.5) is 15.8 Å². The van der Waals surface area contributed by atoms with E-state index in [0.29, 0.717) is 11.4 Å². The molecule has 0 saturated heterocycles. The summed E-state index contributed by atoms with van der Waals surface area (Å²) in [4.78, 5) is 15.0. The third-order valence-corrected chi connectivity index (χ3v) is 2.57. The topological polar surface area (TPSA) is 68.0 Å². The van der Waals surface area contributed by atoms with Gasteiger partial charge in [0.05, 0.1) is 16.3 Å². The predicted molar refractivity (Wildman–Crippen MR) is 67.4 cm³/mol. The minimum absolute atomic E-state index is 0.00492. The summed E-state index contributed by atoms with van der Waals surface area (Å²) in [5.41, 5.74) is 6.50. The number of hydrogen-bond donors (Lipinski definition) is 2. The summed E-state index contributed by atoms with van der Waals surface area (Å²) in [6, 6.07) is 5.75. The van der Waals surface area contributed by atoms with Crippen LogP contribution in [0, 0.1) is 5.82 Å². The Morgan fingerprint density at radius 3 is 2.83 bits per heavy atom. The number of benzene rings is 1. The fourth-order valence-electron chi connectivity index (χ4n) is 1.43. The summed E-state index contributed by atoms with van der Waals surface area (Å²) in [5.74, 6) is -1.11. The largest absolute Gasteiger partial charge is 0.365 e. The highest BCUT2D eigenvalue weighted by molar-refractivity contribution is 6.31. The first-order chi connectivity index (χ1) is 8.58. The number of primary amides is 1. The number of halogens is 2. The van der Waals surface area contributed by atoms with Gasteiger partial charge in [-0.05, 0) is 24.3 Å². The normalized spacial score (nSPS) is 10.1. The number of carbonyl (C=O) groups is 1. The molecule has 0 fully saturated rings. The lowest BCUT2D eigenvalue weighted by atomic mass is 10.2. The van der Waals surface area contributed by atoms with Crippen molar-refractivity contribution >= 4 is 28.9 Å². The minimum atomic E-state index is -0.598. The number of aromatic nitrogens is 1. The molecule has 6 heteroatoms. The van der Waals surface area contributed by atoms with Crippen molar-refractivity contribution in [1.82, 2.24) is 4.98 Å². The van der Waals surface area contributed by atoms with Gasteiger partial charge in [-0.25, -0.2) is 4.39 Å². The Kier molecular flexibility index (Phi) is 3.43. The summed E-state index contributed by atoms with van der Waals surface area (Å²) < 4.78 is 13.0. The maximum absolute atomic E-state index is 13.0. The lowest BCUT2D eigenvalue weighted by Gasteiger charge is -2.09. The second kappa shape index (κ2) is 5.01. The van der Waals surface area contributed by atoms with Gasteiger partial charge in [-0.3, -0.25) is 9.78 Å². The van der Waals surface area contributed by atoms with Crippen LogP contribution in [0.2, 0.25) is 5.02 Å². The quantitative estimate of drug-likeness (QED) is 0.897. The van der Waals surface area contributed by atoms with Gasteiger partial charge in [-0.1, -0.05) is 11.6 Å². The average molecular weight is 266 g/mol. The Balaban J connectivity index is 2.34. The molecule has 0 spiro atoms. The molecule has 1 amide bonds. The molecule has 0 atom stereocenters. The summed E-state index contributed by atoms with van der Waals surface area (Å²) >= 11 is 5.66. The fraction of sp³-hybridized carbons (Fsp3) is 0. The van der Waals surface area contributed by atoms with Crippen LogP contribution in [0.15, 0.2) is 36.7 Å². The Bertz CT molecular complexity index is 604. The molecule has 2 rings (SSSR count). The molecule has 1 heterocycles. The van der Waals surface area contributed by atoms with E-state index in [2.05, 4.69) is 10.3 Å². The van der Waals surface area contributed by atoms with Crippen molar-refractivity contribution in [2.75, 3.05) is 5.32 Å². The summed E-state index contributed by atoms with van der Waals surface area (Å²) in [5, 5.41) is 2.93. The molecule has 0 radical (unpaired) electrons. The number of hydrogen-bond acceptors (Lipinski definition) is 3. The number of nitrogens with one attached hydrogen (secondary N) is 1. The van der Waals surface area contributed by atoms with E-state index in [1.807, 2.05) is 0 Å². The highest BCUT2D eigenvalue weighted by atomic mass is 35.5. The first-order valence-electron chi connectivity index (χ1n) is 5.04. The second-order valence-electron chi connectivity index (χ2n) is 3.54. The van der Waals surface area contributed by atoms with Gasteiger partial charge < -0.3 is 11.1 Å². The number of pyridine rings is 1. The molecule has 0 aliphatic rings. The van der Waals surface area contributed by atoms with E-state index in [1.165, 1.54) is 30.6 Å². The van der Waals surface area contributed by atoms with Crippen molar-refractivity contribution in [1.29, 1.82) is 0 Å². The van der Waals surface area contributed by atoms with Gasteiger partial charge in [0.1, 0.15) is 5.82 Å². The predicted octanol–water partition coefficient (Wildman–Crippen LogP) is 2.72. The van der Waals surface area contributed by atoms with Gasteiger partial charge in [-0.15, -0.1) is 0 Å². The zero-order valence-electron chi connectivity index (χ0n) is 9.15. The first kappa shape index (κ1) is 12.3. The van der Waals surface area contributed by atoms with E-state index in [-0.39, 0.29) is 10.6 Å². The molecule has 2 aromatic rings. The van der Waals surface area contributed by atoms with Crippen LogP contribution in [0.5, 0.6) is 0 Å². The molecule has 0 unspecified atom stereocenters. The molecule has 1 aromatic carbocycles. The third kappa shape index (κ3) is 2.57. The molecule has 4 nitrogen and oxygen atoms in total. The van der Waals surface area contributed by atoms with Crippen LogP contribution in [0.1, 0.15) is 10.4 Å². The van der Waals surface area contributed by atoms with Gasteiger partial charge in [0.15, 0.2) is 0 Å². The maximum atomic E-state index is 13.0. The molecule has 0 aliphatic heterocycles. The average Bonchev–Trinajstić information content (AvgIpc) is 2.34. The highest BCUT2D eigenvalue weighted by Crippen LogP contribution is 2.24. The van der Waals surface area contributed by atoms with Crippen LogP contribution in [-0.2, 0) is 0 Å². The number of carbonyl (C=O) groups excluding carboxylic acids is 1. The van der Waals surface area contributed by atoms with Crippen molar-refractivity contribution in [2.24, 2.45) is 5.73 Å². The molecular formula is C12H9ClFN3O. The lowest BCUT2D eigenvalue weighted by Crippen LogP contribution is -2.13. The smallest absolute Gasteiger partial charge is 0.252 e. The monoisotopic (exact) mass is 265 g/mol. The number of nitrogens with zero attached hydrogens (tertiary/aromatic N) is 1. The van der Waals surface area contributed by atoms with Crippen molar-refractivity contribution in [3.63, 3.8) is 0 Å². The van der Waals surface area contributed by atoms with E-state index in [1.54, 1.807) is 6.07 Å². The van der Waals surface area contributed by atoms with Crippen molar-refractivity contribution in [3.05, 3.63) is 53.1 Å². The van der Waals surface area contributed by atoms with Crippen molar-refractivity contribution < 1.29 is 9.18 Å². The summed E-state index contributed by atoms with van der Waals surface area (Å²) in [6.07, 6.45) is 2.87. The summed E-state index contributed by atoms with van der Waals surface area (Å²) in [6.45, 7) is 0. The minimum Gasteiger partial charge on any atom is -0.365 e. The fourth-order valence-corrected chi connectivity index (χ4v) is 1.61. The van der Waals surface area contributed by atoms with E-state index in [0.717, 1.165) is 0 Å². The van der Waals surface area contributed by atoms with Crippen LogP contribution in [0.3, 0.4) is 0 Å². The van der Waals surface area contributed by atoms with Gasteiger partial charge in [0.2, 0.25) is 0 Å². The standard InChI is InChI=1S/C12H9ClFN3O/c13-9-5-7(1-2-10(9)14)17-11-3-4-16-6-8(11)12(15)18/h1-6H,(H2,15,18)(H,16,17). The highest BCUT2D eigenvalue weighted by Gasteiger charge is 2.08. The number of rotatable bonds is 3. The van der Waals surface area contributed by atoms with Crippen LogP contribution < -0.4 is 11.1 Å². The first-order valence-corrected chi connectivity index (χ1v) is 5.41. The number of amides is 1. The van der Waals surface area contributed by atoms with Crippen molar-refractivity contribution in [3.8, 4) is 0 Å². The van der Waals surface area contributed by atoms with Crippen LogP contribution in [-0.4, -0.2) is 10.9 Å². The number of anilines is 2. The van der Waals surface area contributed by atoms with E-state index in [4.69, 9.17) is 17.3 Å². The second-order valence-corrected chi connectivity index (χ2v) is 3.95. The zero-order valence-corrected chi connectivity index (χ0v) is 9.91. The molecule has 0 bridgehead atoms. The SMILES string of the molecule is NC(=O)c1cnccc1Nc1ccc(F)c(Cl)c1. The lowest BCUT2D eigenvalue weighted by molar-refractivity contribution is 0.100. The van der Waals surface area contributed by atoms with Gasteiger partial charge >= 0.3 is 0 Å². The molecule has 18 heavy (non-hydrogen) atoms. The molecule has 0 saturated carbocycles. The molecular weight excluding hydrogens is 257 g/mol. The number of nitrogens with two attached hydrogens (primary N) is 1. The van der Waals surface area contributed by atoms with Crippen LogP contribution in [0.25, 0.3) is 0 Å². The van der Waals surface area contributed by atoms with Gasteiger partial charge in [0.25, 0.3) is 5.91 Å². The Labute approximate surface area is 108 Å². The molecule has 0 aliphatic carbocycles. The van der Waals surface area contributed by atoms with Crippen molar-refractivity contribution in [2.45, 2.75) is 0 Å². The van der Waals surface area contributed by atoms with Gasteiger partial charge in [0, 0.05) is 18.1 Å². The molecule has 3 N–H and O–H groups in total. The van der Waals surface area contributed by atoms with E-state index < -0.39 is 11.7 Å². The summed E-state index contributed by atoms with van der Waals surface area (Å²) in [7, 11) is 0. The third-order valence-electron chi connectivity index (χ3n) is 2.29. The Morgan fingerprint density at radius 2 is 2.17 bits per heavy atom. The Morgan fingerprint density at radius 1 is 1.39 bits per heavy atom. The van der Waals surface area contributed by atoms with E-state index >= 15 is 0 Å². The molecule has 1 aromatic heterocycles. The van der Waals surface area contributed by atoms with Crippen LogP contribution >= 0.6 is 11.6 Å². The zero-order chi connectivity index (χ0) is 13.1.